The zero-order valence-corrected chi connectivity index (χ0v) is 19.5. The van der Waals surface area contributed by atoms with Gasteiger partial charge in [0.15, 0.2) is 5.54 Å². The topological polar surface area (TPSA) is 87.5 Å². The SMILES string of the molecule is CC(N)C1(C(=O)N2C[C@@H](c3ccccc3)C[C@H]2C(=O)N[C@@H]2CCc3ccccc32)C=CC=CN1. The Hall–Kier alpha value is -3.38. The van der Waals surface area contributed by atoms with Crippen LogP contribution in [0.25, 0.3) is 0 Å². The number of hydrogen-bond donors (Lipinski definition) is 3. The first-order chi connectivity index (χ1) is 16.5. The first kappa shape index (κ1) is 22.4. The highest BCUT2D eigenvalue weighted by Crippen LogP contribution is 2.36. The van der Waals surface area contributed by atoms with Crippen molar-refractivity contribution in [3.05, 3.63) is 95.7 Å². The maximum Gasteiger partial charge on any atom is 0.254 e. The Morgan fingerprint density at radius 1 is 1.12 bits per heavy atom. The average molecular weight is 457 g/mol. The molecule has 6 heteroatoms. The van der Waals surface area contributed by atoms with Gasteiger partial charge in [-0.3, -0.25) is 9.59 Å². The van der Waals surface area contributed by atoms with E-state index in [0.717, 1.165) is 18.4 Å². The van der Waals surface area contributed by atoms with Gasteiger partial charge in [0.1, 0.15) is 6.04 Å². The molecule has 2 aromatic carbocycles. The Morgan fingerprint density at radius 2 is 1.88 bits per heavy atom. The molecule has 34 heavy (non-hydrogen) atoms. The third-order valence-electron chi connectivity index (χ3n) is 7.55. The summed E-state index contributed by atoms with van der Waals surface area (Å²) in [5.41, 5.74) is 8.87. The number of hydrogen-bond acceptors (Lipinski definition) is 4. The van der Waals surface area contributed by atoms with E-state index in [1.807, 2.05) is 55.5 Å². The number of allylic oxidation sites excluding steroid dienone is 2. The number of carbonyl (C=O) groups excluding carboxylic acids is 2. The van der Waals surface area contributed by atoms with Gasteiger partial charge >= 0.3 is 0 Å². The van der Waals surface area contributed by atoms with Crippen molar-refractivity contribution in [2.75, 3.05) is 6.54 Å². The quantitative estimate of drug-likeness (QED) is 0.646. The largest absolute Gasteiger partial charge is 0.373 e. The molecule has 0 saturated carbocycles. The molecule has 0 spiro atoms. The van der Waals surface area contributed by atoms with E-state index in [4.69, 9.17) is 5.73 Å². The summed E-state index contributed by atoms with van der Waals surface area (Å²) in [6, 6.07) is 17.4. The highest BCUT2D eigenvalue weighted by Gasteiger charge is 2.49. The fraction of sp³-hybridized carbons (Fsp3) is 0.357. The third kappa shape index (κ3) is 3.92. The fourth-order valence-electron chi connectivity index (χ4n) is 5.60. The predicted molar refractivity (Wildman–Crippen MR) is 133 cm³/mol. The summed E-state index contributed by atoms with van der Waals surface area (Å²) >= 11 is 0. The number of amides is 2. The van der Waals surface area contributed by atoms with Crippen molar-refractivity contribution < 1.29 is 9.59 Å². The second-order valence-corrected chi connectivity index (χ2v) is 9.64. The summed E-state index contributed by atoms with van der Waals surface area (Å²) in [4.78, 5) is 29.4. The minimum absolute atomic E-state index is 0.0190. The Balaban J connectivity index is 1.43. The highest BCUT2D eigenvalue weighted by molar-refractivity contribution is 5.95. The summed E-state index contributed by atoms with van der Waals surface area (Å²) < 4.78 is 0. The molecule has 5 rings (SSSR count). The smallest absolute Gasteiger partial charge is 0.254 e. The van der Waals surface area contributed by atoms with Crippen LogP contribution < -0.4 is 16.4 Å². The third-order valence-corrected chi connectivity index (χ3v) is 7.55. The van der Waals surface area contributed by atoms with E-state index in [1.54, 1.807) is 11.1 Å². The monoisotopic (exact) mass is 456 g/mol. The molecule has 5 atom stereocenters. The van der Waals surface area contributed by atoms with Crippen LogP contribution in [0.15, 0.2) is 79.0 Å². The fourth-order valence-corrected chi connectivity index (χ4v) is 5.60. The van der Waals surface area contributed by atoms with E-state index in [0.29, 0.717) is 13.0 Å². The molecule has 0 aromatic heterocycles. The zero-order chi connectivity index (χ0) is 23.7. The summed E-state index contributed by atoms with van der Waals surface area (Å²) in [6.07, 6.45) is 9.67. The lowest BCUT2D eigenvalue weighted by molar-refractivity contribution is -0.142. The maximum absolute atomic E-state index is 14.0. The molecule has 2 aromatic rings. The van der Waals surface area contributed by atoms with Crippen LogP contribution in [-0.4, -0.2) is 40.9 Å². The van der Waals surface area contributed by atoms with Gasteiger partial charge in [-0.25, -0.2) is 0 Å². The van der Waals surface area contributed by atoms with Crippen LogP contribution in [0.1, 0.15) is 48.4 Å². The molecule has 2 unspecified atom stereocenters. The van der Waals surface area contributed by atoms with Crippen LogP contribution >= 0.6 is 0 Å². The van der Waals surface area contributed by atoms with Crippen molar-refractivity contribution in [2.24, 2.45) is 5.73 Å². The number of nitrogens with two attached hydrogens (primary N) is 1. The number of likely N-dealkylation sites (tertiary alicyclic amines) is 1. The van der Waals surface area contributed by atoms with Gasteiger partial charge in [-0.1, -0.05) is 60.7 Å². The number of dihydropyridines is 1. The summed E-state index contributed by atoms with van der Waals surface area (Å²) in [7, 11) is 0. The van der Waals surface area contributed by atoms with Gasteiger partial charge in [-0.15, -0.1) is 0 Å². The summed E-state index contributed by atoms with van der Waals surface area (Å²) in [5.74, 6) is -0.165. The lowest BCUT2D eigenvalue weighted by Crippen LogP contribution is -2.66. The van der Waals surface area contributed by atoms with E-state index in [9.17, 15) is 9.59 Å². The van der Waals surface area contributed by atoms with E-state index in [1.165, 1.54) is 11.1 Å². The van der Waals surface area contributed by atoms with Crippen molar-refractivity contribution in [3.8, 4) is 0 Å². The molecule has 4 N–H and O–H groups in total. The molecule has 2 heterocycles. The summed E-state index contributed by atoms with van der Waals surface area (Å²) in [6.45, 7) is 2.31. The lowest BCUT2D eigenvalue weighted by atomic mass is 9.87. The minimum Gasteiger partial charge on any atom is -0.373 e. The zero-order valence-electron chi connectivity index (χ0n) is 19.5. The van der Waals surface area contributed by atoms with Gasteiger partial charge in [-0.05, 0) is 61.2 Å². The van der Waals surface area contributed by atoms with Gasteiger partial charge < -0.3 is 21.3 Å². The van der Waals surface area contributed by atoms with E-state index in [2.05, 4.69) is 34.9 Å². The van der Waals surface area contributed by atoms with Crippen molar-refractivity contribution in [2.45, 2.75) is 55.8 Å². The molecule has 2 aliphatic heterocycles. The molecular formula is C28H32N4O2. The van der Waals surface area contributed by atoms with Crippen LogP contribution in [0.4, 0.5) is 0 Å². The molecule has 176 valence electrons. The number of fused-ring (bicyclic) bond motifs is 1. The molecular weight excluding hydrogens is 424 g/mol. The Labute approximate surface area is 200 Å². The van der Waals surface area contributed by atoms with E-state index < -0.39 is 17.6 Å². The van der Waals surface area contributed by atoms with Crippen LogP contribution in [0.5, 0.6) is 0 Å². The standard InChI is InChI=1S/C28H32N4O2/c1-19(29)28(15-7-8-16-30-28)27(34)32-18-22(20-9-3-2-4-10-20)17-25(32)26(33)31-24-14-13-21-11-5-6-12-23(21)24/h2-12,15-16,19,22,24-25,30H,13-14,17-18,29H2,1H3,(H,31,33)/t19?,22-,24+,25-,28?/m0/s1. The number of nitrogens with one attached hydrogen (secondary N) is 2. The maximum atomic E-state index is 14.0. The number of benzene rings is 2. The molecule has 1 saturated heterocycles. The Kier molecular flexibility index (Phi) is 6.00. The van der Waals surface area contributed by atoms with Crippen LogP contribution in [0.3, 0.4) is 0 Å². The molecule has 2 amide bonds. The number of nitrogens with zero attached hydrogens (tertiary/aromatic N) is 1. The van der Waals surface area contributed by atoms with Gasteiger partial charge in [0, 0.05) is 18.5 Å². The van der Waals surface area contributed by atoms with Crippen molar-refractivity contribution in [3.63, 3.8) is 0 Å². The molecule has 1 fully saturated rings. The number of rotatable bonds is 5. The minimum atomic E-state index is -1.07. The molecule has 6 nitrogen and oxygen atoms in total. The van der Waals surface area contributed by atoms with Gasteiger partial charge in [0.25, 0.3) is 5.91 Å². The van der Waals surface area contributed by atoms with Gasteiger partial charge in [-0.2, -0.15) is 0 Å². The first-order valence-corrected chi connectivity index (χ1v) is 12.1. The van der Waals surface area contributed by atoms with Crippen LogP contribution in [0.2, 0.25) is 0 Å². The molecule has 3 aliphatic rings. The van der Waals surface area contributed by atoms with Crippen molar-refractivity contribution in [1.29, 1.82) is 0 Å². The molecule has 0 radical (unpaired) electrons. The van der Waals surface area contributed by atoms with Crippen LogP contribution in [0, 0.1) is 0 Å². The highest BCUT2D eigenvalue weighted by atomic mass is 16.2. The normalized spacial score (nSPS) is 28.3. The van der Waals surface area contributed by atoms with Crippen LogP contribution in [-0.2, 0) is 16.0 Å². The molecule has 0 bridgehead atoms. The summed E-state index contributed by atoms with van der Waals surface area (Å²) in [5, 5.41) is 6.46. The predicted octanol–water partition coefficient (Wildman–Crippen LogP) is 2.93. The van der Waals surface area contributed by atoms with E-state index >= 15 is 0 Å². The first-order valence-electron chi connectivity index (χ1n) is 12.1. The average Bonchev–Trinajstić information content (AvgIpc) is 3.49. The Bertz CT molecular complexity index is 1130. The molecule has 1 aliphatic carbocycles. The van der Waals surface area contributed by atoms with E-state index in [-0.39, 0.29) is 23.8 Å². The van der Waals surface area contributed by atoms with Gasteiger partial charge in [0.2, 0.25) is 5.91 Å². The number of carbonyl (C=O) groups is 2. The Morgan fingerprint density at radius 3 is 2.62 bits per heavy atom. The van der Waals surface area contributed by atoms with Gasteiger partial charge in [0.05, 0.1) is 6.04 Å². The lowest BCUT2D eigenvalue weighted by Gasteiger charge is -2.39. The number of aryl methyl sites for hydroxylation is 1. The van der Waals surface area contributed by atoms with Crippen molar-refractivity contribution >= 4 is 11.8 Å². The second-order valence-electron chi connectivity index (χ2n) is 9.64. The van der Waals surface area contributed by atoms with Crippen molar-refractivity contribution in [1.82, 2.24) is 15.5 Å². The second kappa shape index (κ2) is 9.11.